The molecular weight excluding hydrogens is 326 g/mol. The summed E-state index contributed by atoms with van der Waals surface area (Å²) in [6, 6.07) is 18.2. The van der Waals surface area contributed by atoms with E-state index < -0.39 is 5.91 Å². The quantitative estimate of drug-likeness (QED) is 0.635. The van der Waals surface area contributed by atoms with Crippen LogP contribution in [-0.2, 0) is 13.1 Å². The van der Waals surface area contributed by atoms with Crippen LogP contribution >= 0.6 is 0 Å². The van der Waals surface area contributed by atoms with E-state index in [4.69, 9.17) is 11.5 Å². The first-order valence-electron chi connectivity index (χ1n) is 8.32. The molecular formula is C20H21N5O. The fraction of sp³-hybridized carbons (Fsp3) is 0.150. The van der Waals surface area contributed by atoms with Crippen LogP contribution in [-0.4, -0.2) is 15.9 Å². The first-order valence-corrected chi connectivity index (χ1v) is 8.32. The van der Waals surface area contributed by atoms with Crippen LogP contribution in [0.3, 0.4) is 0 Å². The second-order valence-electron chi connectivity index (χ2n) is 6.05. The van der Waals surface area contributed by atoms with Crippen molar-refractivity contribution in [2.75, 3.05) is 5.73 Å². The Labute approximate surface area is 152 Å². The Hall–Kier alpha value is -3.25. The maximum atomic E-state index is 11.5. The summed E-state index contributed by atoms with van der Waals surface area (Å²) in [7, 11) is 0. The Morgan fingerprint density at radius 1 is 1.00 bits per heavy atom. The predicted octanol–water partition coefficient (Wildman–Crippen LogP) is 2.42. The Bertz CT molecular complexity index is 925. The Balaban J connectivity index is 1.79. The molecule has 0 atom stereocenters. The number of aromatic nitrogens is 2. The van der Waals surface area contributed by atoms with Gasteiger partial charge in [-0.05, 0) is 24.1 Å². The third kappa shape index (κ3) is 4.04. The largest absolute Gasteiger partial charge is 0.382 e. The number of rotatable bonds is 6. The van der Waals surface area contributed by atoms with Gasteiger partial charge in [-0.3, -0.25) is 4.79 Å². The summed E-state index contributed by atoms with van der Waals surface area (Å²) in [6.07, 6.45) is 0. The summed E-state index contributed by atoms with van der Waals surface area (Å²) in [5, 5.41) is 3.42. The fourth-order valence-electron chi connectivity index (χ4n) is 2.77. The Morgan fingerprint density at radius 3 is 2.42 bits per heavy atom. The zero-order valence-corrected chi connectivity index (χ0v) is 14.6. The molecule has 0 aliphatic heterocycles. The number of hydrogen-bond donors (Lipinski definition) is 3. The number of carbonyl (C=O) groups is 1. The van der Waals surface area contributed by atoms with E-state index in [9.17, 15) is 4.79 Å². The molecule has 0 fully saturated rings. The molecule has 6 nitrogen and oxygen atoms in total. The van der Waals surface area contributed by atoms with E-state index in [1.165, 1.54) is 5.56 Å². The van der Waals surface area contributed by atoms with Crippen molar-refractivity contribution in [3.8, 4) is 11.3 Å². The molecule has 0 saturated heterocycles. The van der Waals surface area contributed by atoms with Gasteiger partial charge in [0.15, 0.2) is 11.5 Å². The highest BCUT2D eigenvalue weighted by molar-refractivity contribution is 5.95. The van der Waals surface area contributed by atoms with Crippen molar-refractivity contribution in [2.24, 2.45) is 5.73 Å². The first-order chi connectivity index (χ1) is 12.5. The third-order valence-electron chi connectivity index (χ3n) is 4.03. The highest BCUT2D eigenvalue weighted by atomic mass is 16.1. The fourth-order valence-corrected chi connectivity index (χ4v) is 2.77. The molecule has 0 aliphatic carbocycles. The van der Waals surface area contributed by atoms with Gasteiger partial charge in [-0.25, -0.2) is 9.97 Å². The zero-order chi connectivity index (χ0) is 18.5. The average molecular weight is 347 g/mol. The summed E-state index contributed by atoms with van der Waals surface area (Å²) in [5.74, 6) is -0.628. The van der Waals surface area contributed by atoms with Crippen LogP contribution in [0.1, 0.15) is 27.3 Å². The van der Waals surface area contributed by atoms with E-state index in [1.54, 1.807) is 0 Å². The lowest BCUT2D eigenvalue weighted by Gasteiger charge is -2.10. The molecule has 3 rings (SSSR count). The Morgan fingerprint density at radius 2 is 1.69 bits per heavy atom. The summed E-state index contributed by atoms with van der Waals surface area (Å²) >= 11 is 0. The van der Waals surface area contributed by atoms with Gasteiger partial charge in [0.1, 0.15) is 0 Å². The maximum absolute atomic E-state index is 11.5. The van der Waals surface area contributed by atoms with Gasteiger partial charge in [0.05, 0.1) is 11.4 Å². The number of nitrogen functional groups attached to an aromatic ring is 1. The highest BCUT2D eigenvalue weighted by Gasteiger charge is 2.14. The minimum Gasteiger partial charge on any atom is -0.382 e. The second-order valence-corrected chi connectivity index (χ2v) is 6.05. The number of hydrogen-bond acceptors (Lipinski definition) is 5. The molecule has 0 unspecified atom stereocenters. The molecule has 3 aromatic rings. The van der Waals surface area contributed by atoms with Crippen LogP contribution in [0.2, 0.25) is 0 Å². The van der Waals surface area contributed by atoms with Gasteiger partial charge in [-0.15, -0.1) is 0 Å². The minimum atomic E-state index is -0.683. The molecule has 0 aliphatic rings. The van der Waals surface area contributed by atoms with Crippen molar-refractivity contribution >= 4 is 11.7 Å². The monoisotopic (exact) mass is 347 g/mol. The molecule has 0 saturated carbocycles. The number of benzene rings is 2. The van der Waals surface area contributed by atoms with Crippen molar-refractivity contribution in [3.05, 3.63) is 77.1 Å². The molecule has 26 heavy (non-hydrogen) atoms. The minimum absolute atomic E-state index is 0.00166. The van der Waals surface area contributed by atoms with Crippen LogP contribution in [0.25, 0.3) is 11.3 Å². The van der Waals surface area contributed by atoms with Crippen LogP contribution < -0.4 is 16.8 Å². The van der Waals surface area contributed by atoms with Crippen LogP contribution in [0, 0.1) is 6.92 Å². The normalized spacial score (nSPS) is 10.7. The second kappa shape index (κ2) is 7.76. The van der Waals surface area contributed by atoms with Gasteiger partial charge in [-0.2, -0.15) is 0 Å². The number of nitrogens with one attached hydrogen (secondary N) is 1. The van der Waals surface area contributed by atoms with E-state index in [2.05, 4.69) is 27.4 Å². The van der Waals surface area contributed by atoms with Gasteiger partial charge in [0.2, 0.25) is 0 Å². The van der Waals surface area contributed by atoms with E-state index in [0.717, 1.165) is 17.7 Å². The van der Waals surface area contributed by atoms with Gasteiger partial charge in [-0.1, -0.05) is 48.5 Å². The van der Waals surface area contributed by atoms with Gasteiger partial charge in [0, 0.05) is 18.7 Å². The first kappa shape index (κ1) is 17.6. The van der Waals surface area contributed by atoms with Crippen molar-refractivity contribution in [2.45, 2.75) is 20.0 Å². The SMILES string of the molecule is Cc1nc(N)c(C(N)=O)nc1-c1cccc(CNCc2ccccc2)c1. The Kier molecular flexibility index (Phi) is 5.24. The maximum Gasteiger partial charge on any atom is 0.271 e. The number of primary amides is 1. The third-order valence-corrected chi connectivity index (χ3v) is 4.03. The molecule has 1 aromatic heterocycles. The smallest absolute Gasteiger partial charge is 0.271 e. The van der Waals surface area contributed by atoms with E-state index in [0.29, 0.717) is 17.9 Å². The van der Waals surface area contributed by atoms with Crippen molar-refractivity contribution in [3.63, 3.8) is 0 Å². The zero-order valence-electron chi connectivity index (χ0n) is 14.6. The van der Waals surface area contributed by atoms with E-state index in [1.807, 2.05) is 49.4 Å². The van der Waals surface area contributed by atoms with Crippen molar-refractivity contribution in [1.29, 1.82) is 0 Å². The molecule has 5 N–H and O–H groups in total. The van der Waals surface area contributed by atoms with Crippen molar-refractivity contribution in [1.82, 2.24) is 15.3 Å². The molecule has 0 spiro atoms. The number of anilines is 1. The van der Waals surface area contributed by atoms with Gasteiger partial charge >= 0.3 is 0 Å². The van der Waals surface area contributed by atoms with E-state index in [-0.39, 0.29) is 11.5 Å². The standard InChI is InChI=1S/C20H21N5O/c1-13-17(25-18(20(22)26)19(21)24-13)16-9-5-8-15(10-16)12-23-11-14-6-3-2-4-7-14/h2-10,23H,11-12H2,1H3,(H2,21,24)(H2,22,26). The lowest BCUT2D eigenvalue weighted by Crippen LogP contribution is -2.18. The molecule has 1 heterocycles. The molecule has 6 heteroatoms. The molecule has 0 radical (unpaired) electrons. The lowest BCUT2D eigenvalue weighted by molar-refractivity contribution is 0.0996. The summed E-state index contributed by atoms with van der Waals surface area (Å²) in [4.78, 5) is 20.0. The van der Waals surface area contributed by atoms with E-state index >= 15 is 0 Å². The molecule has 2 aromatic carbocycles. The summed E-state index contributed by atoms with van der Waals surface area (Å²) in [6.45, 7) is 3.31. The topological polar surface area (TPSA) is 107 Å². The highest BCUT2D eigenvalue weighted by Crippen LogP contribution is 2.23. The van der Waals surface area contributed by atoms with Crippen LogP contribution in [0.4, 0.5) is 5.82 Å². The number of amides is 1. The molecule has 1 amide bonds. The number of nitrogens with two attached hydrogens (primary N) is 2. The average Bonchev–Trinajstić information content (AvgIpc) is 2.62. The van der Waals surface area contributed by atoms with Gasteiger partial charge < -0.3 is 16.8 Å². The number of aryl methyl sites for hydroxylation is 1. The number of nitrogens with zero attached hydrogens (tertiary/aromatic N) is 2. The lowest BCUT2D eigenvalue weighted by atomic mass is 10.1. The predicted molar refractivity (Wildman–Crippen MR) is 102 cm³/mol. The molecule has 132 valence electrons. The van der Waals surface area contributed by atoms with Crippen LogP contribution in [0.15, 0.2) is 54.6 Å². The van der Waals surface area contributed by atoms with Crippen LogP contribution in [0.5, 0.6) is 0 Å². The van der Waals surface area contributed by atoms with Gasteiger partial charge in [0.25, 0.3) is 5.91 Å². The summed E-state index contributed by atoms with van der Waals surface area (Å²) < 4.78 is 0. The molecule has 0 bridgehead atoms. The number of carbonyl (C=O) groups excluding carboxylic acids is 1. The summed E-state index contributed by atoms with van der Waals surface area (Å²) in [5.41, 5.74) is 15.5. The van der Waals surface area contributed by atoms with Crippen molar-refractivity contribution < 1.29 is 4.79 Å².